The molecule has 1 aromatic rings. The Hall–Kier alpha value is -0.930. The van der Waals surface area contributed by atoms with Crippen LogP contribution in [0.1, 0.15) is 31.2 Å². The van der Waals surface area contributed by atoms with Gasteiger partial charge < -0.3 is 10.1 Å². The van der Waals surface area contributed by atoms with Crippen molar-refractivity contribution < 1.29 is 4.74 Å². The van der Waals surface area contributed by atoms with Crippen LogP contribution in [0.15, 0.2) is 18.2 Å². The van der Waals surface area contributed by atoms with Crippen molar-refractivity contribution in [3.63, 3.8) is 0 Å². The van der Waals surface area contributed by atoms with Crippen molar-refractivity contribution in [2.75, 3.05) is 13.7 Å². The highest BCUT2D eigenvalue weighted by Gasteiger charge is 2.06. The molecule has 0 aliphatic rings. The summed E-state index contributed by atoms with van der Waals surface area (Å²) in [4.78, 5) is 4.46. The van der Waals surface area contributed by atoms with Crippen molar-refractivity contribution in [2.24, 2.45) is 0 Å². The van der Waals surface area contributed by atoms with E-state index in [2.05, 4.69) is 23.3 Å². The van der Waals surface area contributed by atoms with Gasteiger partial charge in [-0.1, -0.05) is 19.4 Å². The van der Waals surface area contributed by atoms with E-state index in [1.54, 1.807) is 7.11 Å². The van der Waals surface area contributed by atoms with Crippen molar-refractivity contribution in [3.8, 4) is 0 Å². The first kappa shape index (κ1) is 13.1. The summed E-state index contributed by atoms with van der Waals surface area (Å²) >= 11 is 0. The van der Waals surface area contributed by atoms with Crippen LogP contribution >= 0.6 is 0 Å². The quantitative estimate of drug-likeness (QED) is 0.768. The van der Waals surface area contributed by atoms with Crippen molar-refractivity contribution in [1.29, 1.82) is 0 Å². The number of nitrogens with one attached hydrogen (secondary N) is 1. The molecule has 0 saturated heterocycles. The lowest BCUT2D eigenvalue weighted by Gasteiger charge is -2.16. The Morgan fingerprint density at radius 1 is 1.44 bits per heavy atom. The molecule has 0 fully saturated rings. The molecule has 1 aromatic heterocycles. The summed E-state index contributed by atoms with van der Waals surface area (Å²) in [6, 6.07) is 6.54. The molecule has 0 bridgehead atoms. The second kappa shape index (κ2) is 7.36. The molecule has 3 nitrogen and oxygen atoms in total. The summed E-state index contributed by atoms with van der Waals surface area (Å²) in [5, 5.41) is 3.48. The number of rotatable bonds is 7. The topological polar surface area (TPSA) is 34.1 Å². The molecule has 1 heterocycles. The lowest BCUT2D eigenvalue weighted by atomic mass is 10.2. The summed E-state index contributed by atoms with van der Waals surface area (Å²) in [7, 11) is 1.75. The monoisotopic (exact) mass is 222 g/mol. The average molecular weight is 222 g/mol. The number of hydrogen-bond acceptors (Lipinski definition) is 3. The predicted molar refractivity (Wildman–Crippen MR) is 66.4 cm³/mol. The fourth-order valence-corrected chi connectivity index (χ4v) is 1.74. The van der Waals surface area contributed by atoms with Crippen molar-refractivity contribution >= 4 is 0 Å². The Kier molecular flexibility index (Phi) is 6.04. The van der Waals surface area contributed by atoms with Crippen molar-refractivity contribution in [2.45, 2.75) is 39.3 Å². The van der Waals surface area contributed by atoms with E-state index in [0.717, 1.165) is 31.0 Å². The van der Waals surface area contributed by atoms with E-state index in [-0.39, 0.29) is 0 Å². The predicted octanol–water partition coefficient (Wildman–Crippen LogP) is 2.29. The minimum atomic E-state index is 0.428. The number of pyridine rings is 1. The van der Waals surface area contributed by atoms with E-state index < -0.39 is 0 Å². The number of ether oxygens (including phenoxy) is 1. The van der Waals surface area contributed by atoms with Crippen LogP contribution in [0.5, 0.6) is 0 Å². The van der Waals surface area contributed by atoms with Gasteiger partial charge >= 0.3 is 0 Å². The molecule has 0 spiro atoms. The van der Waals surface area contributed by atoms with Gasteiger partial charge in [-0.25, -0.2) is 0 Å². The zero-order chi connectivity index (χ0) is 11.8. The Balaban J connectivity index is 2.41. The fourth-order valence-electron chi connectivity index (χ4n) is 1.74. The molecule has 1 N–H and O–H groups in total. The Labute approximate surface area is 98.2 Å². The van der Waals surface area contributed by atoms with Crippen molar-refractivity contribution in [3.05, 3.63) is 29.6 Å². The lowest BCUT2D eigenvalue weighted by Crippen LogP contribution is -2.32. The molecule has 3 heteroatoms. The molecule has 0 amide bonds. The van der Waals surface area contributed by atoms with Gasteiger partial charge in [-0.05, 0) is 25.5 Å². The Bertz CT molecular complexity index is 296. The molecule has 0 aliphatic heterocycles. The zero-order valence-corrected chi connectivity index (χ0v) is 10.5. The van der Waals surface area contributed by atoms with Gasteiger partial charge in [0.2, 0.25) is 0 Å². The Morgan fingerprint density at radius 3 is 2.88 bits per heavy atom. The maximum atomic E-state index is 5.19. The molecule has 0 aliphatic carbocycles. The van der Waals surface area contributed by atoms with Crippen LogP contribution < -0.4 is 5.32 Å². The highest BCUT2D eigenvalue weighted by atomic mass is 16.5. The van der Waals surface area contributed by atoms with Crippen LogP contribution in [0.25, 0.3) is 0 Å². The first-order valence-corrected chi connectivity index (χ1v) is 5.91. The minimum Gasteiger partial charge on any atom is -0.383 e. The molecule has 0 aromatic carbocycles. The lowest BCUT2D eigenvalue weighted by molar-refractivity contribution is 0.161. The third kappa shape index (κ3) is 4.73. The molecule has 16 heavy (non-hydrogen) atoms. The molecular formula is C13H22N2O. The maximum absolute atomic E-state index is 5.19. The van der Waals surface area contributed by atoms with E-state index in [1.165, 1.54) is 6.42 Å². The summed E-state index contributed by atoms with van der Waals surface area (Å²) in [5.74, 6) is 0. The van der Waals surface area contributed by atoms with Crippen LogP contribution in [0.4, 0.5) is 0 Å². The summed E-state index contributed by atoms with van der Waals surface area (Å²) < 4.78 is 5.19. The van der Waals surface area contributed by atoms with E-state index in [9.17, 15) is 0 Å². The SMILES string of the molecule is CCCC(COC)NCc1cccc(C)n1. The van der Waals surface area contributed by atoms with Crippen LogP contribution in [-0.2, 0) is 11.3 Å². The molecule has 1 atom stereocenters. The average Bonchev–Trinajstić information content (AvgIpc) is 2.27. The minimum absolute atomic E-state index is 0.428. The molecule has 1 unspecified atom stereocenters. The summed E-state index contributed by atoms with van der Waals surface area (Å²) in [6.45, 7) is 5.78. The van der Waals surface area contributed by atoms with Crippen LogP contribution in [0, 0.1) is 6.92 Å². The largest absolute Gasteiger partial charge is 0.383 e. The van der Waals surface area contributed by atoms with E-state index in [0.29, 0.717) is 6.04 Å². The first-order valence-electron chi connectivity index (χ1n) is 5.91. The van der Waals surface area contributed by atoms with Crippen LogP contribution in [-0.4, -0.2) is 24.7 Å². The van der Waals surface area contributed by atoms with Gasteiger partial charge in [0.15, 0.2) is 0 Å². The van der Waals surface area contributed by atoms with Crippen LogP contribution in [0.2, 0.25) is 0 Å². The van der Waals surface area contributed by atoms with E-state index in [1.807, 2.05) is 19.1 Å². The van der Waals surface area contributed by atoms with Gasteiger partial charge in [-0.3, -0.25) is 4.98 Å². The van der Waals surface area contributed by atoms with Gasteiger partial charge in [0, 0.05) is 25.4 Å². The second-order valence-electron chi connectivity index (χ2n) is 4.09. The number of aryl methyl sites for hydroxylation is 1. The number of nitrogens with zero attached hydrogens (tertiary/aromatic N) is 1. The van der Waals surface area contributed by atoms with Gasteiger partial charge in [0.05, 0.1) is 12.3 Å². The van der Waals surface area contributed by atoms with Gasteiger partial charge in [0.25, 0.3) is 0 Å². The van der Waals surface area contributed by atoms with Gasteiger partial charge in [-0.15, -0.1) is 0 Å². The van der Waals surface area contributed by atoms with E-state index >= 15 is 0 Å². The number of methoxy groups -OCH3 is 1. The fraction of sp³-hybridized carbons (Fsp3) is 0.615. The number of hydrogen-bond donors (Lipinski definition) is 1. The maximum Gasteiger partial charge on any atom is 0.0615 e. The molecule has 1 rings (SSSR count). The Morgan fingerprint density at radius 2 is 2.25 bits per heavy atom. The number of aromatic nitrogens is 1. The van der Waals surface area contributed by atoms with Crippen molar-refractivity contribution in [1.82, 2.24) is 10.3 Å². The third-order valence-corrected chi connectivity index (χ3v) is 2.52. The third-order valence-electron chi connectivity index (χ3n) is 2.52. The first-order chi connectivity index (χ1) is 7.76. The molecular weight excluding hydrogens is 200 g/mol. The smallest absolute Gasteiger partial charge is 0.0615 e. The zero-order valence-electron chi connectivity index (χ0n) is 10.5. The standard InChI is InChI=1S/C13H22N2O/c1-4-6-13(10-16-3)14-9-12-8-5-7-11(2)15-12/h5,7-8,13-14H,4,6,9-10H2,1-3H3. The van der Waals surface area contributed by atoms with Crippen LogP contribution in [0.3, 0.4) is 0 Å². The highest BCUT2D eigenvalue weighted by molar-refractivity contribution is 5.09. The molecule has 0 radical (unpaired) electrons. The highest BCUT2D eigenvalue weighted by Crippen LogP contribution is 2.01. The molecule has 0 saturated carbocycles. The van der Waals surface area contributed by atoms with Gasteiger partial charge in [0.1, 0.15) is 0 Å². The summed E-state index contributed by atoms with van der Waals surface area (Å²) in [5.41, 5.74) is 2.16. The van der Waals surface area contributed by atoms with E-state index in [4.69, 9.17) is 4.74 Å². The second-order valence-corrected chi connectivity index (χ2v) is 4.09. The normalized spacial score (nSPS) is 12.7. The molecule has 90 valence electrons. The van der Waals surface area contributed by atoms with Gasteiger partial charge in [-0.2, -0.15) is 0 Å². The summed E-state index contributed by atoms with van der Waals surface area (Å²) in [6.07, 6.45) is 2.31.